The van der Waals surface area contributed by atoms with Crippen LogP contribution in [0.4, 0.5) is 4.79 Å². The number of rotatable bonds is 4. The molecule has 0 bridgehead atoms. The Bertz CT molecular complexity index is 693. The van der Waals surface area contributed by atoms with Gasteiger partial charge in [0.05, 0.1) is 11.6 Å². The fourth-order valence-corrected chi connectivity index (χ4v) is 3.12. The van der Waals surface area contributed by atoms with Gasteiger partial charge < -0.3 is 15.3 Å². The molecule has 0 spiro atoms. The summed E-state index contributed by atoms with van der Waals surface area (Å²) in [4.78, 5) is 18.5. The van der Waals surface area contributed by atoms with Gasteiger partial charge in [-0.15, -0.1) is 0 Å². The van der Waals surface area contributed by atoms with Crippen LogP contribution < -0.4 is 5.32 Å². The lowest BCUT2D eigenvalue weighted by Crippen LogP contribution is -2.51. The van der Waals surface area contributed by atoms with Crippen molar-refractivity contribution in [1.82, 2.24) is 25.0 Å². The lowest BCUT2D eigenvalue weighted by molar-refractivity contribution is 0.00979. The molecule has 2 aromatic heterocycles. The molecule has 1 saturated heterocycles. The molecule has 2 aromatic rings. The molecule has 7 heteroatoms. The molecule has 7 nitrogen and oxygen atoms in total. The second kappa shape index (κ2) is 6.60. The molecule has 0 saturated carbocycles. The molecule has 0 unspecified atom stereocenters. The molecular weight excluding hydrogens is 306 g/mol. The van der Waals surface area contributed by atoms with Crippen molar-refractivity contribution in [3.63, 3.8) is 0 Å². The van der Waals surface area contributed by atoms with Gasteiger partial charge >= 0.3 is 6.03 Å². The van der Waals surface area contributed by atoms with Crippen molar-refractivity contribution < 1.29 is 9.90 Å². The van der Waals surface area contributed by atoms with Crippen molar-refractivity contribution in [3.8, 4) is 5.82 Å². The van der Waals surface area contributed by atoms with Crippen LogP contribution in [0.15, 0.2) is 36.8 Å². The highest BCUT2D eigenvalue weighted by Gasteiger charge is 2.38. The van der Waals surface area contributed by atoms with E-state index >= 15 is 0 Å². The molecule has 2 amide bonds. The number of carbonyl (C=O) groups excluding carboxylic acids is 1. The molecule has 1 aliphatic rings. The lowest BCUT2D eigenvalue weighted by atomic mass is 9.97. The van der Waals surface area contributed by atoms with Gasteiger partial charge in [0.1, 0.15) is 0 Å². The molecule has 128 valence electrons. The molecule has 0 aromatic carbocycles. The number of aromatic nitrogens is 3. The lowest BCUT2D eigenvalue weighted by Gasteiger charge is -2.33. The molecule has 0 aliphatic carbocycles. The molecule has 1 fully saturated rings. The van der Waals surface area contributed by atoms with Gasteiger partial charge in [-0.3, -0.25) is 0 Å². The molecule has 3 heterocycles. The van der Waals surface area contributed by atoms with Crippen LogP contribution in [0.1, 0.15) is 32.3 Å². The molecule has 3 rings (SSSR count). The third-order valence-electron chi connectivity index (χ3n) is 4.32. The predicted molar refractivity (Wildman–Crippen MR) is 89.6 cm³/mol. The van der Waals surface area contributed by atoms with E-state index in [-0.39, 0.29) is 12.1 Å². The Morgan fingerprint density at radius 1 is 1.46 bits per heavy atom. The van der Waals surface area contributed by atoms with E-state index in [9.17, 15) is 9.90 Å². The number of hydrogen-bond acceptors (Lipinski definition) is 4. The van der Waals surface area contributed by atoms with E-state index in [0.29, 0.717) is 18.9 Å². The third-order valence-corrected chi connectivity index (χ3v) is 4.32. The highest BCUT2D eigenvalue weighted by Crippen LogP contribution is 2.26. The van der Waals surface area contributed by atoms with E-state index in [1.54, 1.807) is 35.8 Å². The average Bonchev–Trinajstić information content (AvgIpc) is 3.23. The average molecular weight is 329 g/mol. The van der Waals surface area contributed by atoms with E-state index < -0.39 is 5.60 Å². The fourth-order valence-electron chi connectivity index (χ4n) is 3.12. The molecule has 0 radical (unpaired) electrons. The maximum Gasteiger partial charge on any atom is 0.318 e. The minimum absolute atomic E-state index is 0.142. The Morgan fingerprint density at radius 3 is 3.00 bits per heavy atom. The molecule has 1 atom stereocenters. The molecule has 2 N–H and O–H groups in total. The van der Waals surface area contributed by atoms with Gasteiger partial charge in [-0.25, -0.2) is 14.5 Å². The van der Waals surface area contributed by atoms with E-state index in [0.717, 1.165) is 18.4 Å². The zero-order valence-corrected chi connectivity index (χ0v) is 14.0. The van der Waals surface area contributed by atoms with Gasteiger partial charge in [-0.2, -0.15) is 5.10 Å². The summed E-state index contributed by atoms with van der Waals surface area (Å²) >= 11 is 0. The van der Waals surface area contributed by atoms with E-state index in [1.165, 1.54) is 0 Å². The van der Waals surface area contributed by atoms with Crippen LogP contribution in [0.2, 0.25) is 0 Å². The Morgan fingerprint density at radius 2 is 2.29 bits per heavy atom. The molecule has 1 aliphatic heterocycles. The smallest absolute Gasteiger partial charge is 0.318 e. The second-order valence-corrected chi connectivity index (χ2v) is 6.64. The number of aliphatic hydroxyl groups is 1. The maximum absolute atomic E-state index is 12.5. The minimum atomic E-state index is -0.891. The van der Waals surface area contributed by atoms with Crippen LogP contribution >= 0.6 is 0 Å². The monoisotopic (exact) mass is 329 g/mol. The highest BCUT2D eigenvalue weighted by molar-refractivity contribution is 5.75. The Balaban J connectivity index is 1.63. The van der Waals surface area contributed by atoms with Crippen molar-refractivity contribution in [2.45, 2.75) is 44.9 Å². The number of amides is 2. The number of pyridine rings is 1. The fraction of sp³-hybridized carbons (Fsp3) is 0.471. The van der Waals surface area contributed by atoms with E-state index in [2.05, 4.69) is 15.4 Å². The summed E-state index contributed by atoms with van der Waals surface area (Å²) in [6.07, 6.45) is 6.97. The maximum atomic E-state index is 12.5. The van der Waals surface area contributed by atoms with Gasteiger partial charge in [0, 0.05) is 31.7 Å². The zero-order chi connectivity index (χ0) is 17.2. The first-order chi connectivity index (χ1) is 11.4. The van der Waals surface area contributed by atoms with Crippen molar-refractivity contribution in [1.29, 1.82) is 0 Å². The first-order valence-corrected chi connectivity index (χ1v) is 8.17. The minimum Gasteiger partial charge on any atom is -0.388 e. The number of carbonyl (C=O) groups is 1. The summed E-state index contributed by atoms with van der Waals surface area (Å²) in [7, 11) is 0. The Kier molecular flexibility index (Phi) is 4.53. The van der Waals surface area contributed by atoms with Crippen molar-refractivity contribution in [2.24, 2.45) is 0 Å². The summed E-state index contributed by atoms with van der Waals surface area (Å²) in [6.45, 7) is 4.59. The SMILES string of the molecule is CC(C)(O)[C@H]1CCCN1C(=O)NCc1ccnc(-n2cccn2)c1. The third kappa shape index (κ3) is 3.56. The first kappa shape index (κ1) is 16.4. The second-order valence-electron chi connectivity index (χ2n) is 6.64. The largest absolute Gasteiger partial charge is 0.388 e. The van der Waals surface area contributed by atoms with Crippen LogP contribution in [0.5, 0.6) is 0 Å². The van der Waals surface area contributed by atoms with Gasteiger partial charge in [-0.1, -0.05) is 0 Å². The normalized spacial score (nSPS) is 18.0. The Hall–Kier alpha value is -2.41. The summed E-state index contributed by atoms with van der Waals surface area (Å²) in [6, 6.07) is 5.31. The summed E-state index contributed by atoms with van der Waals surface area (Å²) in [5.41, 5.74) is 0.0560. The predicted octanol–water partition coefficient (Wildman–Crippen LogP) is 1.71. The number of urea groups is 1. The van der Waals surface area contributed by atoms with E-state index in [4.69, 9.17) is 0 Å². The van der Waals surface area contributed by atoms with E-state index in [1.807, 2.05) is 24.4 Å². The van der Waals surface area contributed by atoms with Crippen LogP contribution in [0, 0.1) is 0 Å². The van der Waals surface area contributed by atoms with Crippen molar-refractivity contribution in [3.05, 3.63) is 42.4 Å². The van der Waals surface area contributed by atoms with Crippen molar-refractivity contribution in [2.75, 3.05) is 6.54 Å². The standard InChI is InChI=1S/C17H23N5O2/c1-17(2,24)14-5-3-9-21(14)16(23)19-12-13-6-8-18-15(11-13)22-10-4-7-20-22/h4,6-8,10-11,14,24H,3,5,9,12H2,1-2H3,(H,19,23)/t14-/m1/s1. The van der Waals surface area contributed by atoms with Crippen LogP contribution in [-0.4, -0.2) is 49.0 Å². The summed E-state index contributed by atoms with van der Waals surface area (Å²) in [5.74, 6) is 0.710. The van der Waals surface area contributed by atoms with Gasteiger partial charge in [0.15, 0.2) is 5.82 Å². The molecular formula is C17H23N5O2. The quantitative estimate of drug-likeness (QED) is 0.894. The topological polar surface area (TPSA) is 83.3 Å². The summed E-state index contributed by atoms with van der Waals surface area (Å²) < 4.78 is 1.68. The number of nitrogens with zero attached hydrogens (tertiary/aromatic N) is 4. The van der Waals surface area contributed by atoms with Crippen LogP contribution in [0.25, 0.3) is 5.82 Å². The van der Waals surface area contributed by atoms with Crippen molar-refractivity contribution >= 4 is 6.03 Å². The number of hydrogen-bond donors (Lipinski definition) is 2. The zero-order valence-electron chi connectivity index (χ0n) is 14.0. The van der Waals surface area contributed by atoms with Crippen LogP contribution in [-0.2, 0) is 6.54 Å². The highest BCUT2D eigenvalue weighted by atomic mass is 16.3. The Labute approximate surface area is 141 Å². The summed E-state index contributed by atoms with van der Waals surface area (Å²) in [5, 5.41) is 17.3. The van der Waals surface area contributed by atoms with Gasteiger partial charge in [0.2, 0.25) is 0 Å². The molecule has 24 heavy (non-hydrogen) atoms. The van der Waals surface area contributed by atoms with Crippen LogP contribution in [0.3, 0.4) is 0 Å². The first-order valence-electron chi connectivity index (χ1n) is 8.17. The number of likely N-dealkylation sites (tertiary alicyclic amines) is 1. The van der Waals surface area contributed by atoms with Gasteiger partial charge in [-0.05, 0) is 50.5 Å². The van der Waals surface area contributed by atoms with Gasteiger partial charge in [0.25, 0.3) is 0 Å². The number of nitrogens with one attached hydrogen (secondary N) is 1.